The second-order valence-corrected chi connectivity index (χ2v) is 8.84. The van der Waals surface area contributed by atoms with Crippen molar-refractivity contribution in [3.05, 3.63) is 89.7 Å². The van der Waals surface area contributed by atoms with E-state index in [1.54, 1.807) is 36.4 Å². The van der Waals surface area contributed by atoms with Crippen LogP contribution in [0.2, 0.25) is 0 Å². The number of hydrogen-bond acceptors (Lipinski definition) is 4. The second kappa shape index (κ2) is 10.4. The Kier molecular flexibility index (Phi) is 7.61. The number of methoxy groups -OCH3 is 1. The monoisotopic (exact) mass is 456 g/mol. The van der Waals surface area contributed by atoms with Crippen LogP contribution in [0, 0.1) is 5.82 Å². The van der Waals surface area contributed by atoms with Gasteiger partial charge in [-0.05, 0) is 48.2 Å². The SMILES string of the molecule is CCc1ccccc1NC(=O)C(Cc1ccccc1)NS(=O)(=O)c1cc(F)ccc1OC. The molecule has 168 valence electrons. The molecule has 3 aromatic carbocycles. The summed E-state index contributed by atoms with van der Waals surface area (Å²) in [5.74, 6) is -1.27. The lowest BCUT2D eigenvalue weighted by molar-refractivity contribution is -0.117. The van der Waals surface area contributed by atoms with Gasteiger partial charge < -0.3 is 10.1 Å². The topological polar surface area (TPSA) is 84.5 Å². The molecule has 1 atom stereocenters. The molecular formula is C24H25FN2O4S. The minimum Gasteiger partial charge on any atom is -0.495 e. The van der Waals surface area contributed by atoms with Gasteiger partial charge in [0.05, 0.1) is 7.11 Å². The van der Waals surface area contributed by atoms with Gasteiger partial charge in [0.15, 0.2) is 0 Å². The summed E-state index contributed by atoms with van der Waals surface area (Å²) in [4.78, 5) is 12.8. The molecule has 0 aliphatic rings. The van der Waals surface area contributed by atoms with Gasteiger partial charge in [0.2, 0.25) is 15.9 Å². The third-order valence-corrected chi connectivity index (χ3v) is 6.46. The number of anilines is 1. The fraction of sp³-hybridized carbons (Fsp3) is 0.208. The standard InChI is InChI=1S/C24H25FN2O4S/c1-3-18-11-7-8-12-20(18)26-24(28)21(15-17-9-5-4-6-10-17)27-32(29,30)23-16-19(25)13-14-22(23)31-2/h4-14,16,21,27H,3,15H2,1-2H3,(H,26,28). The summed E-state index contributed by atoms with van der Waals surface area (Å²) in [5.41, 5.74) is 2.31. The first kappa shape index (κ1) is 23.4. The van der Waals surface area contributed by atoms with Crippen molar-refractivity contribution < 1.29 is 22.3 Å². The maximum Gasteiger partial charge on any atom is 0.245 e. The van der Waals surface area contributed by atoms with Gasteiger partial charge in [0.1, 0.15) is 22.5 Å². The van der Waals surface area contributed by atoms with Crippen LogP contribution in [-0.4, -0.2) is 27.5 Å². The minimum atomic E-state index is -4.27. The molecule has 0 aliphatic heterocycles. The third-order valence-electron chi connectivity index (χ3n) is 4.97. The number of nitrogens with one attached hydrogen (secondary N) is 2. The summed E-state index contributed by atoms with van der Waals surface area (Å²) in [6, 6.07) is 18.4. The summed E-state index contributed by atoms with van der Waals surface area (Å²) >= 11 is 0. The Bertz CT molecular complexity index is 1180. The summed E-state index contributed by atoms with van der Waals surface area (Å²) in [6.07, 6.45) is 0.809. The molecule has 2 N–H and O–H groups in total. The van der Waals surface area contributed by atoms with E-state index in [1.807, 2.05) is 25.1 Å². The average molecular weight is 457 g/mol. The van der Waals surface area contributed by atoms with Crippen molar-refractivity contribution in [1.29, 1.82) is 0 Å². The van der Waals surface area contributed by atoms with Crippen LogP contribution in [0.25, 0.3) is 0 Å². The van der Waals surface area contributed by atoms with E-state index in [2.05, 4.69) is 10.0 Å². The van der Waals surface area contributed by atoms with Crippen molar-refractivity contribution in [1.82, 2.24) is 4.72 Å². The predicted octanol–water partition coefficient (Wildman–Crippen LogP) is 3.93. The Labute approximate surface area is 187 Å². The van der Waals surface area contributed by atoms with Gasteiger partial charge in [0.25, 0.3) is 0 Å². The molecule has 3 rings (SSSR count). The molecule has 0 fully saturated rings. The van der Waals surface area contributed by atoms with Crippen molar-refractivity contribution in [2.24, 2.45) is 0 Å². The summed E-state index contributed by atoms with van der Waals surface area (Å²) in [6.45, 7) is 1.96. The molecule has 8 heteroatoms. The van der Waals surface area contributed by atoms with Gasteiger partial charge in [-0.3, -0.25) is 4.79 Å². The van der Waals surface area contributed by atoms with Crippen molar-refractivity contribution >= 4 is 21.6 Å². The van der Waals surface area contributed by atoms with Gasteiger partial charge in [-0.2, -0.15) is 4.72 Å². The lowest BCUT2D eigenvalue weighted by atomic mass is 10.1. The fourth-order valence-corrected chi connectivity index (χ4v) is 4.70. The zero-order valence-corrected chi connectivity index (χ0v) is 18.7. The molecule has 0 heterocycles. The van der Waals surface area contributed by atoms with Crippen molar-refractivity contribution in [3.8, 4) is 5.75 Å². The molecule has 1 unspecified atom stereocenters. The molecule has 1 amide bonds. The van der Waals surface area contributed by atoms with Crippen LogP contribution in [0.1, 0.15) is 18.1 Å². The number of halogens is 1. The van der Waals surface area contributed by atoms with Gasteiger partial charge in [-0.1, -0.05) is 55.5 Å². The Morgan fingerprint density at radius 3 is 2.41 bits per heavy atom. The molecule has 0 radical (unpaired) electrons. The van der Waals surface area contributed by atoms with Crippen LogP contribution < -0.4 is 14.8 Å². The molecule has 0 saturated heterocycles. The predicted molar refractivity (Wildman–Crippen MR) is 122 cm³/mol. The quantitative estimate of drug-likeness (QED) is 0.511. The smallest absolute Gasteiger partial charge is 0.245 e. The maximum atomic E-state index is 13.8. The molecule has 0 saturated carbocycles. The van der Waals surface area contributed by atoms with E-state index < -0.39 is 27.8 Å². The Morgan fingerprint density at radius 2 is 1.72 bits per heavy atom. The van der Waals surface area contributed by atoms with Crippen molar-refractivity contribution in [2.75, 3.05) is 12.4 Å². The van der Waals surface area contributed by atoms with Crippen molar-refractivity contribution in [2.45, 2.75) is 30.7 Å². The summed E-state index contributed by atoms with van der Waals surface area (Å²) < 4.78 is 47.5. The highest BCUT2D eigenvalue weighted by atomic mass is 32.2. The number of hydrogen-bond donors (Lipinski definition) is 2. The number of ether oxygens (including phenoxy) is 1. The Morgan fingerprint density at radius 1 is 1.03 bits per heavy atom. The highest BCUT2D eigenvalue weighted by Gasteiger charge is 2.29. The van der Waals surface area contributed by atoms with Crippen LogP contribution in [0.3, 0.4) is 0 Å². The first-order chi connectivity index (χ1) is 15.3. The molecule has 0 bridgehead atoms. The van der Waals surface area contributed by atoms with Crippen LogP contribution in [-0.2, 0) is 27.7 Å². The van der Waals surface area contributed by atoms with Crippen LogP contribution in [0.5, 0.6) is 5.75 Å². The maximum absolute atomic E-state index is 13.8. The van der Waals surface area contributed by atoms with Crippen LogP contribution in [0.4, 0.5) is 10.1 Å². The first-order valence-electron chi connectivity index (χ1n) is 10.1. The normalized spacial score (nSPS) is 12.2. The van der Waals surface area contributed by atoms with Gasteiger partial charge in [0, 0.05) is 5.69 Å². The number of carbonyl (C=O) groups excluding carboxylic acids is 1. The number of aryl methyl sites for hydroxylation is 1. The number of sulfonamides is 1. The van der Waals surface area contributed by atoms with E-state index >= 15 is 0 Å². The number of carbonyl (C=O) groups is 1. The van der Waals surface area contributed by atoms with E-state index in [0.29, 0.717) is 12.1 Å². The fourth-order valence-electron chi connectivity index (χ4n) is 3.32. The molecule has 3 aromatic rings. The first-order valence-corrected chi connectivity index (χ1v) is 11.6. The van der Waals surface area contributed by atoms with Gasteiger partial charge in [-0.25, -0.2) is 12.8 Å². The number of benzene rings is 3. The molecule has 0 aromatic heterocycles. The molecular weight excluding hydrogens is 431 g/mol. The number of amides is 1. The van der Waals surface area contributed by atoms with E-state index in [9.17, 15) is 17.6 Å². The minimum absolute atomic E-state index is 0.0194. The summed E-state index contributed by atoms with van der Waals surface area (Å²) in [5, 5.41) is 2.82. The van der Waals surface area contributed by atoms with E-state index in [-0.39, 0.29) is 17.1 Å². The lowest BCUT2D eigenvalue weighted by Crippen LogP contribution is -2.45. The highest BCUT2D eigenvalue weighted by molar-refractivity contribution is 7.89. The van der Waals surface area contributed by atoms with Crippen molar-refractivity contribution in [3.63, 3.8) is 0 Å². The van der Waals surface area contributed by atoms with Crippen LogP contribution in [0.15, 0.2) is 77.7 Å². The second-order valence-electron chi connectivity index (χ2n) is 7.16. The molecule has 6 nitrogen and oxygen atoms in total. The largest absolute Gasteiger partial charge is 0.495 e. The number of para-hydroxylation sites is 1. The molecule has 32 heavy (non-hydrogen) atoms. The molecule has 0 spiro atoms. The van der Waals surface area contributed by atoms with Gasteiger partial charge >= 0.3 is 0 Å². The molecule has 0 aliphatic carbocycles. The average Bonchev–Trinajstić information content (AvgIpc) is 2.79. The van der Waals surface area contributed by atoms with E-state index in [0.717, 1.165) is 23.3 Å². The Balaban J connectivity index is 1.94. The lowest BCUT2D eigenvalue weighted by Gasteiger charge is -2.20. The third kappa shape index (κ3) is 5.72. The summed E-state index contributed by atoms with van der Waals surface area (Å²) in [7, 11) is -2.98. The highest BCUT2D eigenvalue weighted by Crippen LogP contribution is 2.25. The number of rotatable bonds is 9. The zero-order valence-electron chi connectivity index (χ0n) is 17.8. The Hall–Kier alpha value is -3.23. The van der Waals surface area contributed by atoms with E-state index in [1.165, 1.54) is 13.2 Å². The van der Waals surface area contributed by atoms with E-state index in [4.69, 9.17) is 4.74 Å². The van der Waals surface area contributed by atoms with Gasteiger partial charge in [-0.15, -0.1) is 0 Å². The van der Waals surface area contributed by atoms with Crippen LogP contribution >= 0.6 is 0 Å². The zero-order chi connectivity index (χ0) is 23.1.